The lowest BCUT2D eigenvalue weighted by Crippen LogP contribution is -2.45. The average molecular weight is 503 g/mol. The maximum Gasteiger partial charge on any atom is 0.416 e. The van der Waals surface area contributed by atoms with Crippen molar-refractivity contribution in [1.82, 2.24) is 25.5 Å². The molecule has 0 saturated carbocycles. The fraction of sp³-hybridized carbons (Fsp3) is 0.391. The number of urea groups is 1. The Labute approximate surface area is 204 Å². The van der Waals surface area contributed by atoms with E-state index in [0.717, 1.165) is 23.4 Å². The van der Waals surface area contributed by atoms with Gasteiger partial charge in [0.05, 0.1) is 24.8 Å². The van der Waals surface area contributed by atoms with Gasteiger partial charge in [-0.05, 0) is 52.9 Å². The minimum Gasteiger partial charge on any atom is -0.378 e. The standard InChI is InChI=1S/C23H24F3N7O3/c1-32(2)16-8-6-13(7-9-16)21-29-30-31-33(21)18-12-36-19-17(11-35-20(18)19)28-22(34)27-15-5-3-4-14(10-15)23(24,25)26/h3-10,17-20H,11-12H2,1-2H3,(H2,27,28,34)/t17-,18+,19-,20+/m0/s1. The summed E-state index contributed by atoms with van der Waals surface area (Å²) in [5, 5.41) is 17.3. The molecule has 2 amide bonds. The van der Waals surface area contributed by atoms with Gasteiger partial charge in [0.15, 0.2) is 5.82 Å². The summed E-state index contributed by atoms with van der Waals surface area (Å²) < 4.78 is 52.4. The molecule has 3 heterocycles. The number of hydrogen-bond acceptors (Lipinski definition) is 7. The molecule has 4 atom stereocenters. The van der Waals surface area contributed by atoms with Gasteiger partial charge in [0, 0.05) is 31.0 Å². The Kier molecular flexibility index (Phi) is 6.26. The molecule has 2 aromatic carbocycles. The van der Waals surface area contributed by atoms with Crippen LogP contribution >= 0.6 is 0 Å². The lowest BCUT2D eigenvalue weighted by molar-refractivity contribution is -0.137. The molecule has 2 aliphatic heterocycles. The van der Waals surface area contributed by atoms with Crippen LogP contribution in [0.2, 0.25) is 0 Å². The lowest BCUT2D eigenvalue weighted by Gasteiger charge is -2.19. The molecule has 10 nitrogen and oxygen atoms in total. The maximum absolute atomic E-state index is 12.9. The van der Waals surface area contributed by atoms with E-state index in [1.54, 1.807) is 4.68 Å². The minimum atomic E-state index is -4.50. The van der Waals surface area contributed by atoms with Crippen LogP contribution in [0.3, 0.4) is 0 Å². The van der Waals surface area contributed by atoms with Crippen molar-refractivity contribution in [2.45, 2.75) is 30.5 Å². The molecule has 0 spiro atoms. The highest BCUT2D eigenvalue weighted by atomic mass is 19.4. The summed E-state index contributed by atoms with van der Waals surface area (Å²) in [7, 11) is 3.91. The molecular formula is C23H24F3N7O3. The Morgan fingerprint density at radius 1 is 1.08 bits per heavy atom. The second kappa shape index (κ2) is 9.39. The number of amides is 2. The number of benzene rings is 2. The van der Waals surface area contributed by atoms with Crippen molar-refractivity contribution in [1.29, 1.82) is 0 Å². The topological polar surface area (TPSA) is 106 Å². The van der Waals surface area contributed by atoms with E-state index in [1.165, 1.54) is 12.1 Å². The number of aromatic nitrogens is 4. The van der Waals surface area contributed by atoms with Crippen LogP contribution in [0.25, 0.3) is 11.4 Å². The second-order valence-corrected chi connectivity index (χ2v) is 8.84. The highest BCUT2D eigenvalue weighted by Gasteiger charge is 2.50. The van der Waals surface area contributed by atoms with Gasteiger partial charge in [0.2, 0.25) is 0 Å². The molecule has 0 radical (unpaired) electrons. The molecule has 2 N–H and O–H groups in total. The van der Waals surface area contributed by atoms with Gasteiger partial charge in [-0.1, -0.05) is 6.07 Å². The summed E-state index contributed by atoms with van der Waals surface area (Å²) in [6.07, 6.45) is -5.38. The summed E-state index contributed by atoms with van der Waals surface area (Å²) in [5.74, 6) is 0.567. The number of alkyl halides is 3. The molecule has 5 rings (SSSR count). The van der Waals surface area contributed by atoms with E-state index in [-0.39, 0.29) is 24.9 Å². The Balaban J connectivity index is 1.25. The van der Waals surface area contributed by atoms with Gasteiger partial charge in [0.1, 0.15) is 18.2 Å². The first-order valence-corrected chi connectivity index (χ1v) is 11.2. The number of carbonyl (C=O) groups is 1. The van der Waals surface area contributed by atoms with E-state index < -0.39 is 36.0 Å². The van der Waals surface area contributed by atoms with Crippen molar-refractivity contribution < 1.29 is 27.4 Å². The molecule has 0 unspecified atom stereocenters. The first-order valence-electron chi connectivity index (χ1n) is 11.2. The fourth-order valence-corrected chi connectivity index (χ4v) is 4.44. The molecule has 36 heavy (non-hydrogen) atoms. The van der Waals surface area contributed by atoms with Crippen molar-refractivity contribution in [2.24, 2.45) is 0 Å². The van der Waals surface area contributed by atoms with Crippen molar-refractivity contribution >= 4 is 17.4 Å². The number of rotatable bonds is 5. The van der Waals surface area contributed by atoms with E-state index >= 15 is 0 Å². The third-order valence-corrected chi connectivity index (χ3v) is 6.24. The van der Waals surface area contributed by atoms with Crippen molar-refractivity contribution in [3.8, 4) is 11.4 Å². The summed E-state index contributed by atoms with van der Waals surface area (Å²) >= 11 is 0. The van der Waals surface area contributed by atoms with E-state index in [2.05, 4.69) is 26.2 Å². The zero-order valence-electron chi connectivity index (χ0n) is 19.4. The lowest BCUT2D eigenvalue weighted by atomic mass is 10.1. The average Bonchev–Trinajstić information content (AvgIpc) is 3.56. The number of hydrogen-bond donors (Lipinski definition) is 2. The van der Waals surface area contributed by atoms with Gasteiger partial charge in [0.25, 0.3) is 0 Å². The monoisotopic (exact) mass is 503 g/mol. The van der Waals surface area contributed by atoms with E-state index in [9.17, 15) is 18.0 Å². The Morgan fingerprint density at radius 3 is 2.56 bits per heavy atom. The van der Waals surface area contributed by atoms with E-state index in [4.69, 9.17) is 9.47 Å². The van der Waals surface area contributed by atoms with Crippen LogP contribution in [0.4, 0.5) is 29.3 Å². The Morgan fingerprint density at radius 2 is 1.83 bits per heavy atom. The first kappa shape index (κ1) is 24.0. The van der Waals surface area contributed by atoms with Crippen LogP contribution in [-0.4, -0.2) is 71.8 Å². The number of halogens is 3. The molecule has 0 aliphatic carbocycles. The van der Waals surface area contributed by atoms with Crippen LogP contribution in [0.15, 0.2) is 48.5 Å². The van der Waals surface area contributed by atoms with Gasteiger partial charge >= 0.3 is 12.2 Å². The molecule has 2 aliphatic rings. The molecule has 190 valence electrons. The van der Waals surface area contributed by atoms with Crippen LogP contribution < -0.4 is 15.5 Å². The molecule has 1 aromatic heterocycles. The third kappa shape index (κ3) is 4.71. The van der Waals surface area contributed by atoms with Gasteiger partial charge < -0.3 is 25.0 Å². The van der Waals surface area contributed by atoms with Crippen LogP contribution in [0, 0.1) is 0 Å². The fourth-order valence-electron chi connectivity index (χ4n) is 4.44. The van der Waals surface area contributed by atoms with Crippen molar-refractivity contribution in [2.75, 3.05) is 37.5 Å². The van der Waals surface area contributed by atoms with Gasteiger partial charge in [-0.3, -0.25) is 0 Å². The number of tetrazole rings is 1. The second-order valence-electron chi connectivity index (χ2n) is 8.84. The summed E-state index contributed by atoms with van der Waals surface area (Å²) in [6.45, 7) is 0.452. The molecule has 2 saturated heterocycles. The number of anilines is 2. The SMILES string of the molecule is CN(C)c1ccc(-c2nnnn2[C@@H]2CO[C@@H]3[C@@H]2OC[C@@H]3NC(=O)Nc2cccc(C(F)(F)F)c2)cc1. The van der Waals surface area contributed by atoms with Crippen LogP contribution in [-0.2, 0) is 15.7 Å². The zero-order valence-corrected chi connectivity index (χ0v) is 19.4. The maximum atomic E-state index is 12.9. The highest BCUT2D eigenvalue weighted by molar-refractivity contribution is 5.89. The Bertz CT molecular complexity index is 1230. The summed E-state index contributed by atoms with van der Waals surface area (Å²) in [4.78, 5) is 14.5. The van der Waals surface area contributed by atoms with Crippen molar-refractivity contribution in [3.05, 3.63) is 54.1 Å². The van der Waals surface area contributed by atoms with E-state index in [0.29, 0.717) is 5.82 Å². The number of nitrogens with zero attached hydrogens (tertiary/aromatic N) is 5. The van der Waals surface area contributed by atoms with Crippen LogP contribution in [0.5, 0.6) is 0 Å². The molecule has 3 aromatic rings. The largest absolute Gasteiger partial charge is 0.416 e. The third-order valence-electron chi connectivity index (χ3n) is 6.24. The smallest absolute Gasteiger partial charge is 0.378 e. The molecular weight excluding hydrogens is 479 g/mol. The predicted molar refractivity (Wildman–Crippen MR) is 123 cm³/mol. The molecule has 13 heteroatoms. The zero-order chi connectivity index (χ0) is 25.4. The quantitative estimate of drug-likeness (QED) is 0.552. The summed E-state index contributed by atoms with van der Waals surface area (Å²) in [6, 6.07) is 10.8. The molecule has 2 fully saturated rings. The van der Waals surface area contributed by atoms with E-state index in [1.807, 2.05) is 43.3 Å². The minimum absolute atomic E-state index is 0.0293. The first-order chi connectivity index (χ1) is 17.2. The number of ether oxygens (including phenoxy) is 2. The normalized spacial score (nSPS) is 23.4. The number of nitrogens with one attached hydrogen (secondary N) is 2. The van der Waals surface area contributed by atoms with Gasteiger partial charge in [-0.25, -0.2) is 9.48 Å². The number of carbonyl (C=O) groups excluding carboxylic acids is 1. The van der Waals surface area contributed by atoms with Crippen LogP contribution in [0.1, 0.15) is 11.6 Å². The van der Waals surface area contributed by atoms with Crippen molar-refractivity contribution in [3.63, 3.8) is 0 Å². The van der Waals surface area contributed by atoms with Gasteiger partial charge in [-0.15, -0.1) is 5.10 Å². The highest BCUT2D eigenvalue weighted by Crippen LogP contribution is 2.36. The predicted octanol–water partition coefficient (Wildman–Crippen LogP) is 2.95. The molecule has 0 bridgehead atoms. The van der Waals surface area contributed by atoms with Gasteiger partial charge in [-0.2, -0.15) is 13.2 Å². The Hall–Kier alpha value is -3.71. The number of fused-ring (bicyclic) bond motifs is 1. The summed E-state index contributed by atoms with van der Waals surface area (Å²) in [5.41, 5.74) is 1.06.